The molecule has 124 valence electrons. The number of fused-ring (bicyclic) bond motifs is 1. The maximum Gasteiger partial charge on any atom is 0.226 e. The van der Waals surface area contributed by atoms with Crippen LogP contribution in [0.1, 0.15) is 27.2 Å². The van der Waals surface area contributed by atoms with Gasteiger partial charge in [0.15, 0.2) is 0 Å². The number of halogens is 1. The van der Waals surface area contributed by atoms with Crippen LogP contribution < -0.4 is 4.90 Å². The minimum Gasteiger partial charge on any atom is -0.310 e. The Morgan fingerprint density at radius 3 is 2.52 bits per heavy atom. The summed E-state index contributed by atoms with van der Waals surface area (Å²) in [5, 5.41) is 1.61. The molecule has 2 rings (SSSR count). The Morgan fingerprint density at radius 2 is 1.87 bits per heavy atom. The van der Waals surface area contributed by atoms with Crippen molar-refractivity contribution in [3.63, 3.8) is 0 Å². The van der Waals surface area contributed by atoms with Crippen LogP contribution in [0.25, 0.3) is 10.9 Å². The van der Waals surface area contributed by atoms with Gasteiger partial charge < -0.3 is 9.80 Å². The van der Waals surface area contributed by atoms with Crippen LogP contribution >= 0.6 is 11.6 Å². The van der Waals surface area contributed by atoms with E-state index < -0.39 is 0 Å². The lowest BCUT2D eigenvalue weighted by atomic mass is 10.1. The Morgan fingerprint density at radius 1 is 1.13 bits per heavy atom. The number of likely N-dealkylation sites (N-methyl/N-ethyl adjacent to an activating group) is 1. The Bertz CT molecular complexity index is 670. The lowest BCUT2D eigenvalue weighted by molar-refractivity contribution is -0.118. The first kappa shape index (κ1) is 17.7. The normalized spacial score (nSPS) is 11.2. The van der Waals surface area contributed by atoms with E-state index in [1.54, 1.807) is 6.20 Å². The van der Waals surface area contributed by atoms with Crippen molar-refractivity contribution < 1.29 is 4.79 Å². The fourth-order valence-electron chi connectivity index (χ4n) is 2.69. The topological polar surface area (TPSA) is 36.4 Å². The monoisotopic (exact) mass is 333 g/mol. The van der Waals surface area contributed by atoms with Gasteiger partial charge in [0, 0.05) is 36.1 Å². The zero-order valence-electron chi connectivity index (χ0n) is 14.1. The SMILES string of the molecule is CCC(=O)N(CCN(CC)CC)c1ccnc2cc(Cl)ccc12. The molecule has 0 unspecified atom stereocenters. The molecule has 0 atom stereocenters. The molecule has 0 fully saturated rings. The summed E-state index contributed by atoms with van der Waals surface area (Å²) in [6.07, 6.45) is 2.22. The number of amides is 1. The molecular formula is C18H24ClN3O. The van der Waals surface area contributed by atoms with E-state index in [0.29, 0.717) is 18.0 Å². The van der Waals surface area contributed by atoms with Gasteiger partial charge in [-0.05, 0) is 37.4 Å². The molecule has 0 bridgehead atoms. The predicted octanol–water partition coefficient (Wildman–Crippen LogP) is 3.97. The van der Waals surface area contributed by atoms with Gasteiger partial charge in [0.25, 0.3) is 0 Å². The Kier molecular flexibility index (Phi) is 6.37. The lowest BCUT2D eigenvalue weighted by Crippen LogP contribution is -2.38. The summed E-state index contributed by atoms with van der Waals surface area (Å²) in [7, 11) is 0. The minimum absolute atomic E-state index is 0.125. The Balaban J connectivity index is 2.37. The van der Waals surface area contributed by atoms with Gasteiger partial charge in [-0.15, -0.1) is 0 Å². The van der Waals surface area contributed by atoms with Gasteiger partial charge in [0.05, 0.1) is 11.2 Å². The molecule has 0 saturated carbocycles. The van der Waals surface area contributed by atoms with E-state index in [4.69, 9.17) is 11.6 Å². The number of rotatable bonds is 7. The number of anilines is 1. The second-order valence-electron chi connectivity index (χ2n) is 5.42. The highest BCUT2D eigenvalue weighted by molar-refractivity contribution is 6.31. The van der Waals surface area contributed by atoms with E-state index in [0.717, 1.165) is 36.2 Å². The molecule has 0 N–H and O–H groups in total. The summed E-state index contributed by atoms with van der Waals surface area (Å²) in [6, 6.07) is 7.52. The molecular weight excluding hydrogens is 310 g/mol. The summed E-state index contributed by atoms with van der Waals surface area (Å²) in [6.45, 7) is 9.67. The first-order valence-corrected chi connectivity index (χ1v) is 8.55. The quantitative estimate of drug-likeness (QED) is 0.769. The van der Waals surface area contributed by atoms with Crippen molar-refractivity contribution in [1.82, 2.24) is 9.88 Å². The third kappa shape index (κ3) is 4.21. The van der Waals surface area contributed by atoms with Crippen LogP contribution in [0, 0.1) is 0 Å². The van der Waals surface area contributed by atoms with Crippen molar-refractivity contribution >= 4 is 34.1 Å². The van der Waals surface area contributed by atoms with Crippen LogP contribution in [-0.4, -0.2) is 42.0 Å². The summed E-state index contributed by atoms with van der Waals surface area (Å²) in [5.74, 6) is 0.125. The fraction of sp³-hybridized carbons (Fsp3) is 0.444. The Hall–Kier alpha value is -1.65. The van der Waals surface area contributed by atoms with Crippen molar-refractivity contribution in [1.29, 1.82) is 0 Å². The third-order valence-electron chi connectivity index (χ3n) is 4.11. The van der Waals surface area contributed by atoms with Gasteiger partial charge in [-0.25, -0.2) is 0 Å². The summed E-state index contributed by atoms with van der Waals surface area (Å²) in [5.41, 5.74) is 1.72. The zero-order chi connectivity index (χ0) is 16.8. The number of carbonyl (C=O) groups is 1. The Labute approximate surface area is 143 Å². The first-order valence-electron chi connectivity index (χ1n) is 8.17. The molecule has 1 heterocycles. The van der Waals surface area contributed by atoms with Gasteiger partial charge in [-0.2, -0.15) is 0 Å². The van der Waals surface area contributed by atoms with E-state index >= 15 is 0 Å². The van der Waals surface area contributed by atoms with Crippen LogP contribution in [0.15, 0.2) is 30.5 Å². The average molecular weight is 334 g/mol. The number of aromatic nitrogens is 1. The van der Waals surface area contributed by atoms with Crippen LogP contribution in [0.4, 0.5) is 5.69 Å². The van der Waals surface area contributed by atoms with E-state index in [-0.39, 0.29) is 5.91 Å². The minimum atomic E-state index is 0.125. The molecule has 1 aromatic heterocycles. The number of hydrogen-bond donors (Lipinski definition) is 0. The average Bonchev–Trinajstić information content (AvgIpc) is 2.57. The lowest BCUT2D eigenvalue weighted by Gasteiger charge is -2.27. The van der Waals surface area contributed by atoms with Crippen LogP contribution in [0.3, 0.4) is 0 Å². The molecule has 23 heavy (non-hydrogen) atoms. The summed E-state index contributed by atoms with van der Waals surface area (Å²) >= 11 is 6.05. The molecule has 1 aromatic carbocycles. The zero-order valence-corrected chi connectivity index (χ0v) is 14.8. The van der Waals surface area contributed by atoms with Crippen LogP contribution in [-0.2, 0) is 4.79 Å². The fourth-order valence-corrected chi connectivity index (χ4v) is 2.86. The highest BCUT2D eigenvalue weighted by Gasteiger charge is 2.17. The second-order valence-corrected chi connectivity index (χ2v) is 5.85. The van der Waals surface area contributed by atoms with Crippen LogP contribution in [0.5, 0.6) is 0 Å². The number of hydrogen-bond acceptors (Lipinski definition) is 3. The largest absolute Gasteiger partial charge is 0.310 e. The van der Waals surface area contributed by atoms with E-state index in [1.165, 1.54) is 0 Å². The molecule has 5 heteroatoms. The van der Waals surface area contributed by atoms with Gasteiger partial charge in [-0.1, -0.05) is 32.4 Å². The van der Waals surface area contributed by atoms with Gasteiger partial charge in [0.1, 0.15) is 0 Å². The molecule has 0 spiro atoms. The molecule has 4 nitrogen and oxygen atoms in total. The van der Waals surface area contributed by atoms with Gasteiger partial charge in [-0.3, -0.25) is 9.78 Å². The summed E-state index contributed by atoms with van der Waals surface area (Å²) in [4.78, 5) is 21.0. The van der Waals surface area contributed by atoms with E-state index in [9.17, 15) is 4.79 Å². The van der Waals surface area contributed by atoms with E-state index in [2.05, 4.69) is 23.7 Å². The van der Waals surface area contributed by atoms with Crippen molar-refractivity contribution in [2.45, 2.75) is 27.2 Å². The van der Waals surface area contributed by atoms with Crippen LogP contribution in [0.2, 0.25) is 5.02 Å². The molecule has 0 aliphatic carbocycles. The predicted molar refractivity (Wildman–Crippen MR) is 97.2 cm³/mol. The smallest absolute Gasteiger partial charge is 0.226 e. The molecule has 2 aromatic rings. The number of nitrogens with zero attached hydrogens (tertiary/aromatic N) is 3. The molecule has 0 aliphatic rings. The van der Waals surface area contributed by atoms with Gasteiger partial charge in [0.2, 0.25) is 5.91 Å². The molecule has 0 radical (unpaired) electrons. The van der Waals surface area contributed by atoms with Crippen molar-refractivity contribution in [3.05, 3.63) is 35.5 Å². The number of pyridine rings is 1. The van der Waals surface area contributed by atoms with Crippen molar-refractivity contribution in [3.8, 4) is 0 Å². The maximum atomic E-state index is 12.5. The van der Waals surface area contributed by atoms with Crippen molar-refractivity contribution in [2.24, 2.45) is 0 Å². The molecule has 1 amide bonds. The highest BCUT2D eigenvalue weighted by atomic mass is 35.5. The first-order chi connectivity index (χ1) is 11.1. The highest BCUT2D eigenvalue weighted by Crippen LogP contribution is 2.27. The second kappa shape index (κ2) is 8.27. The van der Waals surface area contributed by atoms with Crippen molar-refractivity contribution in [2.75, 3.05) is 31.1 Å². The van der Waals surface area contributed by atoms with E-state index in [1.807, 2.05) is 36.1 Å². The number of carbonyl (C=O) groups excluding carboxylic acids is 1. The molecule has 0 saturated heterocycles. The summed E-state index contributed by atoms with van der Waals surface area (Å²) < 4.78 is 0. The number of benzene rings is 1. The molecule has 0 aliphatic heterocycles. The third-order valence-corrected chi connectivity index (χ3v) is 4.35. The standard InChI is InChI=1S/C18H24ClN3O/c1-4-18(23)22(12-11-21(5-2)6-3)17-9-10-20-16-13-14(19)7-8-15(16)17/h7-10,13H,4-6,11-12H2,1-3H3. The van der Waals surface area contributed by atoms with Gasteiger partial charge >= 0.3 is 0 Å². The maximum absolute atomic E-state index is 12.5.